The van der Waals surface area contributed by atoms with Crippen molar-refractivity contribution in [2.24, 2.45) is 0 Å². The van der Waals surface area contributed by atoms with Gasteiger partial charge < -0.3 is 10.1 Å². The van der Waals surface area contributed by atoms with Crippen LogP contribution >= 0.6 is 12.2 Å². The average Bonchev–Trinajstić information content (AvgIpc) is 2.90. The normalized spacial score (nSPS) is 21.1. The van der Waals surface area contributed by atoms with Crippen LogP contribution in [0.1, 0.15) is 22.0 Å². The Labute approximate surface area is 122 Å². The Hall–Kier alpha value is -2.20. The number of rotatable bonds is 3. The molecule has 0 aliphatic carbocycles. The lowest BCUT2D eigenvalue weighted by Crippen LogP contribution is -2.29. The average molecular weight is 283 g/mol. The van der Waals surface area contributed by atoms with Crippen LogP contribution in [0.5, 0.6) is 0 Å². The highest BCUT2D eigenvalue weighted by molar-refractivity contribution is 7.80. The molecule has 0 unspecified atom stereocenters. The van der Waals surface area contributed by atoms with E-state index in [9.17, 15) is 4.79 Å². The van der Waals surface area contributed by atoms with E-state index in [2.05, 4.69) is 5.32 Å². The molecule has 4 heteroatoms. The summed E-state index contributed by atoms with van der Waals surface area (Å²) in [5.41, 5.74) is 1.62. The Balaban J connectivity index is 1.91. The van der Waals surface area contributed by atoms with E-state index in [1.807, 2.05) is 48.5 Å². The maximum atomic E-state index is 12.6. The van der Waals surface area contributed by atoms with Crippen LogP contribution < -0.4 is 5.32 Å². The summed E-state index contributed by atoms with van der Waals surface area (Å²) in [6, 6.07) is 18.6. The summed E-state index contributed by atoms with van der Waals surface area (Å²) in [4.78, 5) is 12.6. The van der Waals surface area contributed by atoms with E-state index in [-0.39, 0.29) is 17.0 Å². The van der Waals surface area contributed by atoms with Crippen molar-refractivity contribution in [1.82, 2.24) is 5.32 Å². The first-order valence-electron chi connectivity index (χ1n) is 6.37. The number of ether oxygens (including phenoxy) is 1. The second-order valence-corrected chi connectivity index (χ2v) is 4.96. The van der Waals surface area contributed by atoms with E-state index in [0.29, 0.717) is 5.56 Å². The molecular weight excluding hydrogens is 270 g/mol. The fourth-order valence-corrected chi connectivity index (χ4v) is 2.54. The van der Waals surface area contributed by atoms with Gasteiger partial charge in [0.15, 0.2) is 6.10 Å². The molecule has 0 radical (unpaired) electrons. The summed E-state index contributed by atoms with van der Waals surface area (Å²) in [6.07, 6.45) is -0.618. The van der Waals surface area contributed by atoms with E-state index >= 15 is 0 Å². The number of carbonyl (C=O) groups excluding carboxylic acids is 1. The van der Waals surface area contributed by atoms with Gasteiger partial charge in [-0.25, -0.2) is 0 Å². The predicted molar refractivity (Wildman–Crippen MR) is 80.6 cm³/mol. The number of benzene rings is 2. The molecule has 1 saturated heterocycles. The van der Waals surface area contributed by atoms with Crippen molar-refractivity contribution in [3.63, 3.8) is 0 Å². The Morgan fingerprint density at radius 3 is 2.25 bits per heavy atom. The zero-order chi connectivity index (χ0) is 13.9. The SMILES string of the molecule is O=C(c1ccccc1)[C@@H]1OC(=S)N[C@H]1c1ccccc1. The first-order valence-corrected chi connectivity index (χ1v) is 6.78. The summed E-state index contributed by atoms with van der Waals surface area (Å²) < 4.78 is 5.52. The molecule has 0 amide bonds. The number of hydrogen-bond donors (Lipinski definition) is 1. The molecule has 2 aromatic rings. The zero-order valence-electron chi connectivity index (χ0n) is 10.7. The highest BCUT2D eigenvalue weighted by Crippen LogP contribution is 2.27. The largest absolute Gasteiger partial charge is 0.457 e. The Kier molecular flexibility index (Phi) is 3.48. The van der Waals surface area contributed by atoms with Gasteiger partial charge in [-0.2, -0.15) is 0 Å². The van der Waals surface area contributed by atoms with Gasteiger partial charge in [-0.05, 0) is 17.8 Å². The highest BCUT2D eigenvalue weighted by atomic mass is 32.1. The van der Waals surface area contributed by atoms with E-state index in [1.54, 1.807) is 12.1 Å². The second kappa shape index (κ2) is 5.43. The quantitative estimate of drug-likeness (QED) is 0.694. The molecule has 1 heterocycles. The predicted octanol–water partition coefficient (Wildman–Crippen LogP) is 2.88. The van der Waals surface area contributed by atoms with Gasteiger partial charge >= 0.3 is 0 Å². The van der Waals surface area contributed by atoms with Gasteiger partial charge in [0.2, 0.25) is 5.78 Å². The van der Waals surface area contributed by atoms with Crippen LogP contribution in [0.3, 0.4) is 0 Å². The molecule has 3 nitrogen and oxygen atoms in total. The summed E-state index contributed by atoms with van der Waals surface area (Å²) in [6.45, 7) is 0. The molecule has 100 valence electrons. The first kappa shape index (κ1) is 12.8. The fraction of sp³-hybridized carbons (Fsp3) is 0.125. The molecule has 0 spiro atoms. The van der Waals surface area contributed by atoms with Gasteiger partial charge in [-0.3, -0.25) is 4.79 Å². The molecule has 3 rings (SSSR count). The summed E-state index contributed by atoms with van der Waals surface area (Å²) in [7, 11) is 0. The molecule has 0 bridgehead atoms. The van der Waals surface area contributed by atoms with E-state index in [4.69, 9.17) is 17.0 Å². The van der Waals surface area contributed by atoms with Crippen molar-refractivity contribution in [3.8, 4) is 0 Å². The zero-order valence-corrected chi connectivity index (χ0v) is 11.5. The highest BCUT2D eigenvalue weighted by Gasteiger charge is 2.38. The Bertz CT molecular complexity index is 627. The molecule has 2 atom stereocenters. The molecule has 2 aromatic carbocycles. The molecule has 1 aliphatic rings. The maximum Gasteiger partial charge on any atom is 0.258 e. The van der Waals surface area contributed by atoms with Gasteiger partial charge in [0.05, 0.1) is 6.04 Å². The van der Waals surface area contributed by atoms with E-state index < -0.39 is 6.10 Å². The van der Waals surface area contributed by atoms with Crippen LogP contribution in [0.25, 0.3) is 0 Å². The smallest absolute Gasteiger partial charge is 0.258 e. The van der Waals surface area contributed by atoms with Gasteiger partial charge in [0.1, 0.15) is 0 Å². The first-order chi connectivity index (χ1) is 9.75. The summed E-state index contributed by atoms with van der Waals surface area (Å²) in [5, 5.41) is 3.33. The van der Waals surface area contributed by atoms with Crippen molar-refractivity contribution in [2.75, 3.05) is 0 Å². The molecule has 0 saturated carbocycles. The lowest BCUT2D eigenvalue weighted by molar-refractivity contribution is 0.0787. The van der Waals surface area contributed by atoms with E-state index in [0.717, 1.165) is 5.56 Å². The molecule has 1 fully saturated rings. The van der Waals surface area contributed by atoms with Crippen LogP contribution in [-0.4, -0.2) is 17.1 Å². The van der Waals surface area contributed by atoms with Gasteiger partial charge in [0, 0.05) is 5.56 Å². The number of carbonyl (C=O) groups is 1. The van der Waals surface area contributed by atoms with Crippen molar-refractivity contribution in [3.05, 3.63) is 71.8 Å². The molecule has 20 heavy (non-hydrogen) atoms. The Morgan fingerprint density at radius 1 is 1.00 bits per heavy atom. The number of hydrogen-bond acceptors (Lipinski definition) is 3. The van der Waals surface area contributed by atoms with Gasteiger partial charge in [0.25, 0.3) is 5.17 Å². The number of Topliss-reactive ketones (excluding diaryl/α,β-unsaturated/α-hetero) is 1. The third-order valence-corrected chi connectivity index (χ3v) is 3.50. The van der Waals surface area contributed by atoms with Gasteiger partial charge in [-0.1, -0.05) is 60.7 Å². The summed E-state index contributed by atoms with van der Waals surface area (Å²) in [5.74, 6) is -0.0631. The lowest BCUT2D eigenvalue weighted by atomic mass is 9.96. The van der Waals surface area contributed by atoms with Crippen LogP contribution in [0.15, 0.2) is 60.7 Å². The standard InChI is InChI=1S/C16H13NO2S/c18-14(12-9-5-2-6-10-12)15-13(17-16(20)19-15)11-7-3-1-4-8-11/h1-10,13,15H,(H,17,20)/t13-,15+/m0/s1. The van der Waals surface area contributed by atoms with E-state index in [1.165, 1.54) is 0 Å². The van der Waals surface area contributed by atoms with Crippen molar-refractivity contribution < 1.29 is 9.53 Å². The maximum absolute atomic E-state index is 12.6. The minimum Gasteiger partial charge on any atom is -0.457 e. The second-order valence-electron chi connectivity index (χ2n) is 4.59. The fourth-order valence-electron chi connectivity index (χ4n) is 2.31. The number of nitrogens with one attached hydrogen (secondary N) is 1. The number of ketones is 1. The minimum atomic E-state index is -0.618. The van der Waals surface area contributed by atoms with Crippen LogP contribution in [0, 0.1) is 0 Å². The minimum absolute atomic E-state index is 0.0631. The number of thiocarbonyl (C=S) groups is 1. The molecular formula is C16H13NO2S. The monoisotopic (exact) mass is 283 g/mol. The van der Waals surface area contributed by atoms with Crippen molar-refractivity contribution >= 4 is 23.2 Å². The third kappa shape index (κ3) is 2.42. The molecule has 1 aliphatic heterocycles. The molecule has 1 N–H and O–H groups in total. The van der Waals surface area contributed by atoms with Crippen LogP contribution in [0.2, 0.25) is 0 Å². The molecule has 0 aromatic heterocycles. The van der Waals surface area contributed by atoms with Crippen molar-refractivity contribution in [2.45, 2.75) is 12.1 Å². The third-order valence-electron chi connectivity index (χ3n) is 3.29. The van der Waals surface area contributed by atoms with Gasteiger partial charge in [-0.15, -0.1) is 0 Å². The van der Waals surface area contributed by atoms with Crippen LogP contribution in [-0.2, 0) is 4.74 Å². The van der Waals surface area contributed by atoms with Crippen LogP contribution in [0.4, 0.5) is 0 Å². The lowest BCUT2D eigenvalue weighted by Gasteiger charge is -2.16. The Morgan fingerprint density at radius 2 is 1.60 bits per heavy atom. The van der Waals surface area contributed by atoms with Crippen molar-refractivity contribution in [1.29, 1.82) is 0 Å². The summed E-state index contributed by atoms with van der Waals surface area (Å²) >= 11 is 5.06. The topological polar surface area (TPSA) is 38.3 Å².